The Morgan fingerprint density at radius 3 is 2.88 bits per heavy atom. The molecule has 26 heavy (non-hydrogen) atoms. The molecule has 1 N–H and O–H groups in total. The molecule has 2 aliphatic heterocycles. The summed E-state index contributed by atoms with van der Waals surface area (Å²) < 4.78 is 27.7. The lowest BCUT2D eigenvalue weighted by atomic mass is 10.1. The number of hydrogen-bond acceptors (Lipinski definition) is 5. The van der Waals surface area contributed by atoms with Gasteiger partial charge in [0.2, 0.25) is 0 Å². The Bertz CT molecular complexity index is 872. The SMILES string of the molecule is Cc1nnnn1-c1cc(NC(=O)N2CCC3CCC(C2)S3=O)ccc1F. The van der Waals surface area contributed by atoms with E-state index in [4.69, 9.17) is 0 Å². The number of urea groups is 1. The summed E-state index contributed by atoms with van der Waals surface area (Å²) in [7, 11) is -0.846. The predicted octanol–water partition coefficient (Wildman–Crippen LogP) is 1.63. The molecule has 3 atom stereocenters. The number of amides is 2. The molecule has 1 aromatic carbocycles. The number of fused-ring (bicyclic) bond motifs is 2. The van der Waals surface area contributed by atoms with Crippen molar-refractivity contribution in [3.05, 3.63) is 29.8 Å². The molecule has 2 fully saturated rings. The molecule has 3 heterocycles. The molecular formula is C16H19FN6O2S. The first-order valence-corrected chi connectivity index (χ1v) is 9.81. The maximum Gasteiger partial charge on any atom is 0.321 e. The van der Waals surface area contributed by atoms with Crippen LogP contribution in [-0.2, 0) is 10.8 Å². The van der Waals surface area contributed by atoms with E-state index in [1.807, 2.05) is 0 Å². The van der Waals surface area contributed by atoms with E-state index in [0.717, 1.165) is 19.3 Å². The van der Waals surface area contributed by atoms with E-state index < -0.39 is 16.6 Å². The van der Waals surface area contributed by atoms with Crippen LogP contribution < -0.4 is 5.32 Å². The van der Waals surface area contributed by atoms with Crippen LogP contribution >= 0.6 is 0 Å². The maximum atomic E-state index is 14.1. The van der Waals surface area contributed by atoms with Crippen LogP contribution in [0, 0.1) is 12.7 Å². The molecule has 0 radical (unpaired) electrons. The number of nitrogens with zero attached hydrogens (tertiary/aromatic N) is 5. The van der Waals surface area contributed by atoms with E-state index in [1.54, 1.807) is 11.8 Å². The van der Waals surface area contributed by atoms with E-state index in [9.17, 15) is 13.4 Å². The normalized spacial score (nSPS) is 25.2. The summed E-state index contributed by atoms with van der Waals surface area (Å²) in [6, 6.07) is 4.00. The third kappa shape index (κ3) is 3.09. The van der Waals surface area contributed by atoms with E-state index in [2.05, 4.69) is 20.8 Å². The molecule has 2 bridgehead atoms. The number of anilines is 1. The highest BCUT2D eigenvalue weighted by Gasteiger charge is 2.38. The molecule has 1 aromatic heterocycles. The van der Waals surface area contributed by atoms with E-state index in [1.165, 1.54) is 22.9 Å². The van der Waals surface area contributed by atoms with Crippen LogP contribution in [0.5, 0.6) is 0 Å². The topological polar surface area (TPSA) is 93.0 Å². The van der Waals surface area contributed by atoms with Gasteiger partial charge in [-0.05, 0) is 54.8 Å². The van der Waals surface area contributed by atoms with Gasteiger partial charge in [0.15, 0.2) is 5.82 Å². The van der Waals surface area contributed by atoms with Crippen molar-refractivity contribution in [2.75, 3.05) is 18.4 Å². The first-order valence-electron chi connectivity index (χ1n) is 8.53. The third-order valence-electron chi connectivity index (χ3n) is 4.95. The largest absolute Gasteiger partial charge is 0.323 e. The van der Waals surface area contributed by atoms with Crippen LogP contribution in [-0.4, -0.2) is 58.9 Å². The number of hydrogen-bond donors (Lipinski definition) is 1. The van der Waals surface area contributed by atoms with Gasteiger partial charge in [-0.1, -0.05) is 0 Å². The molecule has 3 unspecified atom stereocenters. The van der Waals surface area contributed by atoms with E-state index in [0.29, 0.717) is 24.6 Å². The lowest BCUT2D eigenvalue weighted by Crippen LogP contribution is -2.40. The second kappa shape index (κ2) is 6.75. The fourth-order valence-electron chi connectivity index (χ4n) is 3.53. The van der Waals surface area contributed by atoms with Gasteiger partial charge >= 0.3 is 6.03 Å². The lowest BCUT2D eigenvalue weighted by molar-refractivity contribution is 0.209. The highest BCUT2D eigenvalue weighted by atomic mass is 32.2. The van der Waals surface area contributed by atoms with Crippen molar-refractivity contribution < 1.29 is 13.4 Å². The number of aromatic nitrogens is 4. The molecule has 0 saturated carbocycles. The van der Waals surface area contributed by atoms with Gasteiger partial charge in [-0.15, -0.1) is 5.10 Å². The van der Waals surface area contributed by atoms with Crippen molar-refractivity contribution in [2.24, 2.45) is 0 Å². The monoisotopic (exact) mass is 378 g/mol. The van der Waals surface area contributed by atoms with Crippen LogP contribution in [0.15, 0.2) is 18.2 Å². The standard InChI is InChI=1S/C16H19FN6O2S/c1-10-19-20-21-23(10)15-8-11(2-5-14(15)17)18-16(24)22-7-6-12-3-4-13(9-22)26(12)25/h2,5,8,12-13H,3-4,6-7,9H2,1H3,(H,18,24). The van der Waals surface area contributed by atoms with Gasteiger partial charge in [0.05, 0.1) is 5.25 Å². The average Bonchev–Trinajstić information content (AvgIpc) is 3.12. The highest BCUT2D eigenvalue weighted by molar-refractivity contribution is 7.86. The average molecular weight is 378 g/mol. The van der Waals surface area contributed by atoms with Crippen molar-refractivity contribution in [2.45, 2.75) is 36.7 Å². The Morgan fingerprint density at radius 1 is 1.31 bits per heavy atom. The molecule has 0 aliphatic carbocycles. The smallest absolute Gasteiger partial charge is 0.321 e. The Hall–Kier alpha value is -2.36. The number of nitrogens with one attached hydrogen (secondary N) is 1. The van der Waals surface area contributed by atoms with Crippen LogP contribution in [0.25, 0.3) is 5.69 Å². The van der Waals surface area contributed by atoms with Gasteiger partial charge in [0, 0.05) is 34.8 Å². The zero-order valence-electron chi connectivity index (χ0n) is 14.3. The summed E-state index contributed by atoms with van der Waals surface area (Å²) in [5, 5.41) is 14.1. The minimum atomic E-state index is -0.846. The van der Waals surface area contributed by atoms with Crippen LogP contribution in [0.1, 0.15) is 25.1 Å². The van der Waals surface area contributed by atoms with Gasteiger partial charge in [-0.25, -0.2) is 9.18 Å². The Morgan fingerprint density at radius 2 is 2.12 bits per heavy atom. The van der Waals surface area contributed by atoms with Crippen molar-refractivity contribution in [3.8, 4) is 5.69 Å². The molecular weight excluding hydrogens is 359 g/mol. The van der Waals surface area contributed by atoms with Gasteiger partial charge < -0.3 is 10.2 Å². The Balaban J connectivity index is 1.51. The van der Waals surface area contributed by atoms with Crippen molar-refractivity contribution in [1.82, 2.24) is 25.1 Å². The lowest BCUT2D eigenvalue weighted by Gasteiger charge is -2.24. The van der Waals surface area contributed by atoms with Gasteiger partial charge in [0.25, 0.3) is 0 Å². The molecule has 0 spiro atoms. The summed E-state index contributed by atoms with van der Waals surface area (Å²) in [5.41, 5.74) is 0.623. The maximum absolute atomic E-state index is 14.1. The molecule has 4 rings (SSSR count). The summed E-state index contributed by atoms with van der Waals surface area (Å²) in [6.45, 7) is 2.74. The summed E-state index contributed by atoms with van der Waals surface area (Å²) in [4.78, 5) is 14.3. The molecule has 2 aliphatic rings. The first-order chi connectivity index (χ1) is 12.5. The van der Waals surface area contributed by atoms with E-state index >= 15 is 0 Å². The second-order valence-corrected chi connectivity index (χ2v) is 8.61. The first kappa shape index (κ1) is 17.1. The number of benzene rings is 1. The third-order valence-corrected chi connectivity index (χ3v) is 7.12. The number of rotatable bonds is 2. The predicted molar refractivity (Wildman–Crippen MR) is 94.0 cm³/mol. The number of carbonyl (C=O) groups excluding carboxylic acids is 1. The van der Waals surface area contributed by atoms with Gasteiger partial charge in [0.1, 0.15) is 11.5 Å². The number of likely N-dealkylation sites (tertiary alicyclic amines) is 1. The van der Waals surface area contributed by atoms with Crippen molar-refractivity contribution >= 4 is 22.5 Å². The zero-order valence-corrected chi connectivity index (χ0v) is 15.1. The summed E-state index contributed by atoms with van der Waals surface area (Å²) in [6.07, 6.45) is 2.65. The summed E-state index contributed by atoms with van der Waals surface area (Å²) >= 11 is 0. The molecule has 10 heteroatoms. The molecule has 2 saturated heterocycles. The van der Waals surface area contributed by atoms with Crippen LogP contribution in [0.2, 0.25) is 0 Å². The van der Waals surface area contributed by atoms with Gasteiger partial charge in [-0.2, -0.15) is 4.68 Å². The molecule has 8 nitrogen and oxygen atoms in total. The number of carbonyl (C=O) groups is 1. The van der Waals surface area contributed by atoms with Gasteiger partial charge in [-0.3, -0.25) is 4.21 Å². The molecule has 2 amide bonds. The van der Waals surface area contributed by atoms with Crippen LogP contribution in [0.3, 0.4) is 0 Å². The number of halogens is 1. The minimum Gasteiger partial charge on any atom is -0.323 e. The second-order valence-electron chi connectivity index (χ2n) is 6.62. The zero-order chi connectivity index (χ0) is 18.3. The number of tetrazole rings is 1. The molecule has 138 valence electrons. The number of aryl methyl sites for hydroxylation is 1. The Labute approximate surface area is 152 Å². The summed E-state index contributed by atoms with van der Waals surface area (Å²) in [5.74, 6) is -0.0423. The van der Waals surface area contributed by atoms with E-state index in [-0.39, 0.29) is 22.2 Å². The van der Waals surface area contributed by atoms with Crippen LogP contribution in [0.4, 0.5) is 14.9 Å². The minimum absolute atomic E-state index is 0.0564. The molecule has 2 aromatic rings. The fraction of sp³-hybridized carbons (Fsp3) is 0.500. The van der Waals surface area contributed by atoms with Crippen molar-refractivity contribution in [1.29, 1.82) is 0 Å². The highest BCUT2D eigenvalue weighted by Crippen LogP contribution is 2.30. The van der Waals surface area contributed by atoms with Crippen molar-refractivity contribution in [3.63, 3.8) is 0 Å². The quantitative estimate of drug-likeness (QED) is 0.857. The fourth-order valence-corrected chi connectivity index (χ4v) is 5.48. The Kier molecular flexibility index (Phi) is 4.43.